The number of hydrogen-bond donors (Lipinski definition) is 0. The molecule has 182 valence electrons. The Hall–Kier alpha value is -4.47. The summed E-state index contributed by atoms with van der Waals surface area (Å²) >= 11 is 0. The molecule has 0 aliphatic carbocycles. The number of esters is 3. The van der Waals surface area contributed by atoms with Crippen LogP contribution in [0.4, 0.5) is 0 Å². The van der Waals surface area contributed by atoms with Crippen molar-refractivity contribution in [3.8, 4) is 11.4 Å². The van der Waals surface area contributed by atoms with Crippen molar-refractivity contribution >= 4 is 28.9 Å². The monoisotopic (exact) mass is 479 g/mol. The van der Waals surface area contributed by atoms with E-state index in [1.807, 2.05) is 0 Å². The molecule has 0 amide bonds. The molecule has 0 N–H and O–H groups in total. The van der Waals surface area contributed by atoms with E-state index >= 15 is 0 Å². The number of aromatic nitrogens is 3. The second-order valence-electron chi connectivity index (χ2n) is 7.50. The Kier molecular flexibility index (Phi) is 8.33. The summed E-state index contributed by atoms with van der Waals surface area (Å²) in [7, 11) is 0. The highest BCUT2D eigenvalue weighted by Gasteiger charge is 2.12. The zero-order chi connectivity index (χ0) is 25.4. The topological polar surface area (TPSA) is 119 Å². The van der Waals surface area contributed by atoms with Crippen molar-refractivity contribution in [3.05, 3.63) is 72.3 Å². The highest BCUT2D eigenvalue weighted by Crippen LogP contribution is 2.18. The predicted octanol–water partition coefficient (Wildman–Crippen LogP) is 3.19. The third-order valence-corrected chi connectivity index (χ3v) is 4.52. The first-order valence-corrected chi connectivity index (χ1v) is 10.7. The SMILES string of the molecule is C=C(C)C(=O)OCCOC(=O)c1ccc2nn(-c3ccc(OCCOC(=O)C(=C)C)cc3)nc2c1. The molecule has 0 fully saturated rings. The molecular formula is C25H25N3O7. The standard InChI is InChI=1S/C25H25N3O7/c1-16(2)23(29)33-12-11-32-20-8-6-19(7-9-20)28-26-21-10-5-18(15-22(21)27-28)25(31)35-14-13-34-24(30)17(3)4/h5-10,15H,1,3,11-14H2,2,4H3. The molecule has 1 aromatic heterocycles. The van der Waals surface area contributed by atoms with Gasteiger partial charge >= 0.3 is 17.9 Å². The fourth-order valence-electron chi connectivity index (χ4n) is 2.73. The minimum atomic E-state index is -0.566. The first-order valence-electron chi connectivity index (χ1n) is 10.7. The summed E-state index contributed by atoms with van der Waals surface area (Å²) < 4.78 is 20.6. The summed E-state index contributed by atoms with van der Waals surface area (Å²) in [4.78, 5) is 36.4. The summed E-state index contributed by atoms with van der Waals surface area (Å²) in [6, 6.07) is 11.9. The molecule has 0 saturated heterocycles. The molecule has 0 aliphatic rings. The van der Waals surface area contributed by atoms with E-state index in [0.29, 0.717) is 33.6 Å². The molecule has 0 atom stereocenters. The molecule has 2 aromatic carbocycles. The fraction of sp³-hybridized carbons (Fsp3) is 0.240. The van der Waals surface area contributed by atoms with Crippen LogP contribution in [0.15, 0.2) is 66.8 Å². The van der Waals surface area contributed by atoms with Crippen LogP contribution >= 0.6 is 0 Å². The van der Waals surface area contributed by atoms with Gasteiger partial charge in [-0.05, 0) is 56.3 Å². The largest absolute Gasteiger partial charge is 0.490 e. The van der Waals surface area contributed by atoms with E-state index < -0.39 is 17.9 Å². The van der Waals surface area contributed by atoms with Crippen molar-refractivity contribution in [1.82, 2.24) is 15.0 Å². The van der Waals surface area contributed by atoms with Crippen LogP contribution in [0.3, 0.4) is 0 Å². The van der Waals surface area contributed by atoms with E-state index in [0.717, 1.165) is 0 Å². The van der Waals surface area contributed by atoms with Gasteiger partial charge in [0.05, 0.1) is 11.3 Å². The maximum absolute atomic E-state index is 12.3. The smallest absolute Gasteiger partial charge is 0.338 e. The second kappa shape index (κ2) is 11.6. The molecule has 3 rings (SSSR count). The van der Waals surface area contributed by atoms with Crippen molar-refractivity contribution in [2.24, 2.45) is 0 Å². The van der Waals surface area contributed by atoms with Crippen molar-refractivity contribution in [1.29, 1.82) is 0 Å². The van der Waals surface area contributed by atoms with Crippen molar-refractivity contribution < 1.29 is 33.3 Å². The predicted molar refractivity (Wildman–Crippen MR) is 126 cm³/mol. The van der Waals surface area contributed by atoms with Gasteiger partial charge in [-0.2, -0.15) is 4.80 Å². The van der Waals surface area contributed by atoms with Crippen LogP contribution < -0.4 is 4.74 Å². The molecule has 0 unspecified atom stereocenters. The molecule has 0 spiro atoms. The summed E-state index contributed by atoms with van der Waals surface area (Å²) in [6.45, 7) is 10.3. The Labute approximate surface area is 201 Å². The van der Waals surface area contributed by atoms with Crippen LogP contribution in [0.25, 0.3) is 16.7 Å². The summed E-state index contributed by atoms with van der Waals surface area (Å²) in [6.07, 6.45) is 0. The lowest BCUT2D eigenvalue weighted by atomic mass is 10.2. The van der Waals surface area contributed by atoms with Crippen LogP contribution in [0.2, 0.25) is 0 Å². The number of carbonyl (C=O) groups excluding carboxylic acids is 3. The van der Waals surface area contributed by atoms with Crippen LogP contribution in [0.1, 0.15) is 24.2 Å². The van der Waals surface area contributed by atoms with E-state index in [4.69, 9.17) is 18.9 Å². The number of benzene rings is 2. The fourth-order valence-corrected chi connectivity index (χ4v) is 2.73. The Bertz CT molecular complexity index is 1260. The lowest BCUT2D eigenvalue weighted by Crippen LogP contribution is -2.14. The first kappa shape index (κ1) is 25.2. The van der Waals surface area contributed by atoms with E-state index in [2.05, 4.69) is 23.4 Å². The van der Waals surface area contributed by atoms with Crippen LogP contribution in [0.5, 0.6) is 5.75 Å². The Morgan fingerprint density at radius 2 is 1.34 bits per heavy atom. The van der Waals surface area contributed by atoms with Gasteiger partial charge in [0.2, 0.25) is 0 Å². The normalized spacial score (nSPS) is 10.5. The Balaban J connectivity index is 1.56. The van der Waals surface area contributed by atoms with Crippen molar-refractivity contribution in [2.45, 2.75) is 13.8 Å². The average Bonchev–Trinajstić information content (AvgIpc) is 3.27. The maximum atomic E-state index is 12.3. The molecule has 10 nitrogen and oxygen atoms in total. The van der Waals surface area contributed by atoms with Crippen molar-refractivity contribution in [3.63, 3.8) is 0 Å². The molecule has 3 aromatic rings. The first-order chi connectivity index (χ1) is 16.7. The van der Waals surface area contributed by atoms with Gasteiger partial charge in [-0.3, -0.25) is 0 Å². The number of carbonyl (C=O) groups is 3. The highest BCUT2D eigenvalue weighted by atomic mass is 16.6. The van der Waals surface area contributed by atoms with Gasteiger partial charge in [-0.15, -0.1) is 10.2 Å². The van der Waals surface area contributed by atoms with Gasteiger partial charge in [0.1, 0.15) is 43.2 Å². The molecule has 0 radical (unpaired) electrons. The third-order valence-electron chi connectivity index (χ3n) is 4.52. The van der Waals surface area contributed by atoms with Gasteiger partial charge < -0.3 is 18.9 Å². The second-order valence-corrected chi connectivity index (χ2v) is 7.50. The molecule has 10 heteroatoms. The zero-order valence-corrected chi connectivity index (χ0v) is 19.5. The Morgan fingerprint density at radius 1 is 0.771 bits per heavy atom. The maximum Gasteiger partial charge on any atom is 0.338 e. The summed E-state index contributed by atoms with van der Waals surface area (Å²) in [5.74, 6) is -0.969. The van der Waals surface area contributed by atoms with Gasteiger partial charge in [0.15, 0.2) is 0 Å². The number of fused-ring (bicyclic) bond motifs is 1. The molecule has 35 heavy (non-hydrogen) atoms. The van der Waals surface area contributed by atoms with Gasteiger partial charge in [-0.1, -0.05) is 13.2 Å². The molecule has 0 saturated carbocycles. The minimum Gasteiger partial charge on any atom is -0.490 e. The quantitative estimate of drug-likeness (QED) is 0.177. The van der Waals surface area contributed by atoms with E-state index in [9.17, 15) is 14.4 Å². The molecule has 0 bridgehead atoms. The molecular weight excluding hydrogens is 454 g/mol. The number of rotatable bonds is 11. The van der Waals surface area contributed by atoms with E-state index in [1.54, 1.807) is 49.4 Å². The highest BCUT2D eigenvalue weighted by molar-refractivity contribution is 5.93. The van der Waals surface area contributed by atoms with E-state index in [-0.39, 0.29) is 32.0 Å². The van der Waals surface area contributed by atoms with Crippen LogP contribution in [-0.2, 0) is 23.8 Å². The van der Waals surface area contributed by atoms with Gasteiger partial charge in [0.25, 0.3) is 0 Å². The Morgan fingerprint density at radius 3 is 1.97 bits per heavy atom. The summed E-state index contributed by atoms with van der Waals surface area (Å²) in [5.41, 5.74) is 2.69. The number of nitrogens with zero attached hydrogens (tertiary/aromatic N) is 3. The minimum absolute atomic E-state index is 0.0603. The number of ether oxygens (including phenoxy) is 4. The van der Waals surface area contributed by atoms with Crippen LogP contribution in [0, 0.1) is 0 Å². The summed E-state index contributed by atoms with van der Waals surface area (Å²) in [5, 5.41) is 8.84. The third kappa shape index (κ3) is 7.00. The average molecular weight is 479 g/mol. The van der Waals surface area contributed by atoms with Crippen LogP contribution in [-0.4, -0.2) is 59.3 Å². The van der Waals surface area contributed by atoms with Crippen molar-refractivity contribution in [2.75, 3.05) is 26.4 Å². The molecule has 1 heterocycles. The van der Waals surface area contributed by atoms with Gasteiger partial charge in [-0.25, -0.2) is 14.4 Å². The lowest BCUT2D eigenvalue weighted by Gasteiger charge is -2.08. The lowest BCUT2D eigenvalue weighted by molar-refractivity contribution is -0.140. The van der Waals surface area contributed by atoms with Gasteiger partial charge in [0, 0.05) is 11.1 Å². The zero-order valence-electron chi connectivity index (χ0n) is 19.5. The molecule has 0 aliphatic heterocycles. The number of hydrogen-bond acceptors (Lipinski definition) is 9. The van der Waals surface area contributed by atoms with E-state index in [1.165, 1.54) is 11.7 Å².